The van der Waals surface area contributed by atoms with Crippen molar-refractivity contribution in [3.63, 3.8) is 0 Å². The van der Waals surface area contributed by atoms with Gasteiger partial charge in [-0.15, -0.1) is 0 Å². The first-order valence-electron chi connectivity index (χ1n) is 8.02. The minimum Gasteiger partial charge on any atom is -0.449 e. The topological polar surface area (TPSA) is 73.2 Å². The molecule has 134 valence electrons. The van der Waals surface area contributed by atoms with Crippen molar-refractivity contribution in [3.05, 3.63) is 46.4 Å². The molecule has 0 aliphatic heterocycles. The Bertz CT molecular complexity index is 782. The van der Waals surface area contributed by atoms with Crippen LogP contribution in [0.25, 0.3) is 0 Å². The Morgan fingerprint density at radius 2 is 1.92 bits per heavy atom. The Hall–Kier alpha value is -2.34. The Balaban J connectivity index is 2.06. The van der Waals surface area contributed by atoms with E-state index in [0.717, 1.165) is 11.4 Å². The van der Waals surface area contributed by atoms with Crippen molar-refractivity contribution in [2.75, 3.05) is 5.32 Å². The molecule has 0 fully saturated rings. The second-order valence-corrected chi connectivity index (χ2v) is 6.58. The molecule has 2 aromatic heterocycles. The SMILES string of the molecule is Cc1cc(C(=O)O[C@H](C)C(=O)Nc2ccc(Cl)cn2)c(C)n1C(C)C. The Morgan fingerprint density at radius 1 is 1.24 bits per heavy atom. The molecule has 2 aromatic rings. The molecule has 0 bridgehead atoms. The maximum Gasteiger partial charge on any atom is 0.340 e. The fourth-order valence-electron chi connectivity index (χ4n) is 2.73. The second kappa shape index (κ2) is 7.70. The maximum atomic E-state index is 12.4. The summed E-state index contributed by atoms with van der Waals surface area (Å²) in [6.07, 6.45) is 0.473. The molecule has 7 heteroatoms. The molecule has 1 atom stereocenters. The molecule has 25 heavy (non-hydrogen) atoms. The number of esters is 1. The summed E-state index contributed by atoms with van der Waals surface area (Å²) in [6.45, 7) is 9.41. The van der Waals surface area contributed by atoms with E-state index in [4.69, 9.17) is 16.3 Å². The lowest BCUT2D eigenvalue weighted by Crippen LogP contribution is -2.30. The number of nitrogens with one attached hydrogen (secondary N) is 1. The van der Waals surface area contributed by atoms with Crippen LogP contribution >= 0.6 is 11.6 Å². The minimum atomic E-state index is -0.952. The van der Waals surface area contributed by atoms with Crippen LogP contribution in [0.4, 0.5) is 5.82 Å². The van der Waals surface area contributed by atoms with Crippen LogP contribution < -0.4 is 5.32 Å². The van der Waals surface area contributed by atoms with E-state index in [9.17, 15) is 9.59 Å². The van der Waals surface area contributed by atoms with Crippen molar-refractivity contribution in [1.82, 2.24) is 9.55 Å². The number of hydrogen-bond acceptors (Lipinski definition) is 4. The smallest absolute Gasteiger partial charge is 0.340 e. The number of carbonyl (C=O) groups excluding carboxylic acids is 2. The van der Waals surface area contributed by atoms with Crippen molar-refractivity contribution in [1.29, 1.82) is 0 Å². The molecule has 0 unspecified atom stereocenters. The molecule has 0 saturated carbocycles. The summed E-state index contributed by atoms with van der Waals surface area (Å²) in [5.41, 5.74) is 2.27. The molecule has 0 aromatic carbocycles. The second-order valence-electron chi connectivity index (χ2n) is 6.15. The van der Waals surface area contributed by atoms with Gasteiger partial charge >= 0.3 is 5.97 Å². The summed E-state index contributed by atoms with van der Waals surface area (Å²) in [6, 6.07) is 5.20. The van der Waals surface area contributed by atoms with Gasteiger partial charge in [0.1, 0.15) is 5.82 Å². The van der Waals surface area contributed by atoms with E-state index in [1.807, 2.05) is 27.7 Å². The van der Waals surface area contributed by atoms with E-state index in [-0.39, 0.29) is 6.04 Å². The molecule has 2 heterocycles. The van der Waals surface area contributed by atoms with Gasteiger partial charge in [0, 0.05) is 23.6 Å². The number of nitrogens with zero attached hydrogens (tertiary/aromatic N) is 2. The Morgan fingerprint density at radius 3 is 2.44 bits per heavy atom. The standard InChI is InChI=1S/C18H22ClN3O3/c1-10(2)22-11(3)8-15(12(22)4)18(24)25-13(5)17(23)21-16-7-6-14(19)9-20-16/h6-10,13H,1-5H3,(H,20,21,23)/t13-/m1/s1. The van der Waals surface area contributed by atoms with Gasteiger partial charge in [0.05, 0.1) is 10.6 Å². The number of halogens is 1. The number of aryl methyl sites for hydroxylation is 1. The van der Waals surface area contributed by atoms with Crippen molar-refractivity contribution in [2.45, 2.75) is 46.8 Å². The first kappa shape index (κ1) is 19.0. The lowest BCUT2D eigenvalue weighted by atomic mass is 10.2. The van der Waals surface area contributed by atoms with Gasteiger partial charge in [0.25, 0.3) is 5.91 Å². The first-order valence-corrected chi connectivity index (χ1v) is 8.40. The van der Waals surface area contributed by atoms with Gasteiger partial charge in [-0.25, -0.2) is 9.78 Å². The number of anilines is 1. The van der Waals surface area contributed by atoms with E-state index in [1.54, 1.807) is 18.2 Å². The number of pyridine rings is 1. The Kier molecular flexibility index (Phi) is 5.85. The maximum absolute atomic E-state index is 12.4. The highest BCUT2D eigenvalue weighted by atomic mass is 35.5. The van der Waals surface area contributed by atoms with Gasteiger partial charge in [-0.2, -0.15) is 0 Å². The molecule has 0 aliphatic carbocycles. The molecule has 0 spiro atoms. The molecule has 6 nitrogen and oxygen atoms in total. The predicted molar refractivity (Wildman–Crippen MR) is 97.0 cm³/mol. The molecular formula is C18H22ClN3O3. The summed E-state index contributed by atoms with van der Waals surface area (Å²) in [7, 11) is 0. The van der Waals surface area contributed by atoms with Gasteiger partial charge in [-0.3, -0.25) is 4.79 Å². The van der Waals surface area contributed by atoms with Crippen molar-refractivity contribution in [3.8, 4) is 0 Å². The summed E-state index contributed by atoms with van der Waals surface area (Å²) in [5.74, 6) is -0.636. The van der Waals surface area contributed by atoms with Gasteiger partial charge in [-0.05, 0) is 52.8 Å². The van der Waals surface area contributed by atoms with E-state index in [0.29, 0.717) is 16.4 Å². The van der Waals surface area contributed by atoms with E-state index < -0.39 is 18.0 Å². The zero-order chi connectivity index (χ0) is 18.7. The highest BCUT2D eigenvalue weighted by molar-refractivity contribution is 6.30. The van der Waals surface area contributed by atoms with Crippen LogP contribution in [0.2, 0.25) is 5.02 Å². The van der Waals surface area contributed by atoms with Gasteiger partial charge < -0.3 is 14.6 Å². The number of ether oxygens (including phenoxy) is 1. The lowest BCUT2D eigenvalue weighted by molar-refractivity contribution is -0.123. The van der Waals surface area contributed by atoms with E-state index >= 15 is 0 Å². The molecule has 2 rings (SSSR count). The van der Waals surface area contributed by atoms with E-state index in [2.05, 4.69) is 14.9 Å². The summed E-state index contributed by atoms with van der Waals surface area (Å²) in [5, 5.41) is 3.05. The van der Waals surface area contributed by atoms with Crippen LogP contribution in [-0.4, -0.2) is 27.5 Å². The minimum absolute atomic E-state index is 0.234. The van der Waals surface area contributed by atoms with Crippen molar-refractivity contribution >= 4 is 29.3 Å². The predicted octanol–water partition coefficient (Wildman–Crippen LogP) is 3.92. The molecule has 1 amide bonds. The molecule has 1 N–H and O–H groups in total. The fraction of sp³-hybridized carbons (Fsp3) is 0.389. The highest BCUT2D eigenvalue weighted by Gasteiger charge is 2.23. The quantitative estimate of drug-likeness (QED) is 0.817. The lowest BCUT2D eigenvalue weighted by Gasteiger charge is -2.15. The molecular weight excluding hydrogens is 342 g/mol. The molecule has 0 aliphatic rings. The summed E-state index contributed by atoms with van der Waals surface area (Å²) >= 11 is 5.75. The highest BCUT2D eigenvalue weighted by Crippen LogP contribution is 2.21. The average Bonchev–Trinajstić information content (AvgIpc) is 2.84. The molecule has 0 radical (unpaired) electrons. The average molecular weight is 364 g/mol. The number of amides is 1. The van der Waals surface area contributed by atoms with Crippen LogP contribution in [0, 0.1) is 13.8 Å². The van der Waals surface area contributed by atoms with Gasteiger partial charge in [0.2, 0.25) is 0 Å². The largest absolute Gasteiger partial charge is 0.449 e. The van der Waals surface area contributed by atoms with Crippen LogP contribution in [0.15, 0.2) is 24.4 Å². The third-order valence-corrected chi connectivity index (χ3v) is 4.08. The van der Waals surface area contributed by atoms with Crippen molar-refractivity contribution in [2.24, 2.45) is 0 Å². The zero-order valence-electron chi connectivity index (χ0n) is 15.0. The van der Waals surface area contributed by atoms with Crippen LogP contribution in [0.3, 0.4) is 0 Å². The summed E-state index contributed by atoms with van der Waals surface area (Å²) in [4.78, 5) is 28.6. The summed E-state index contributed by atoms with van der Waals surface area (Å²) < 4.78 is 7.36. The molecule has 0 saturated heterocycles. The third kappa shape index (κ3) is 4.39. The van der Waals surface area contributed by atoms with Crippen molar-refractivity contribution < 1.29 is 14.3 Å². The number of rotatable bonds is 5. The van der Waals surface area contributed by atoms with Gasteiger partial charge in [-0.1, -0.05) is 11.6 Å². The Labute approximate surface area is 152 Å². The monoisotopic (exact) mass is 363 g/mol. The van der Waals surface area contributed by atoms with Crippen LogP contribution in [-0.2, 0) is 9.53 Å². The van der Waals surface area contributed by atoms with Crippen LogP contribution in [0.1, 0.15) is 48.6 Å². The van der Waals surface area contributed by atoms with Crippen LogP contribution in [0.5, 0.6) is 0 Å². The number of carbonyl (C=O) groups is 2. The third-order valence-electron chi connectivity index (χ3n) is 3.85. The normalized spacial score (nSPS) is 12.1. The van der Waals surface area contributed by atoms with E-state index in [1.165, 1.54) is 13.1 Å². The van der Waals surface area contributed by atoms with Gasteiger partial charge in [0.15, 0.2) is 6.10 Å². The fourth-order valence-corrected chi connectivity index (χ4v) is 2.85. The first-order chi connectivity index (χ1) is 11.7. The number of hydrogen-bond donors (Lipinski definition) is 1. The number of aromatic nitrogens is 2. The zero-order valence-corrected chi connectivity index (χ0v) is 15.7.